The van der Waals surface area contributed by atoms with Gasteiger partial charge in [0.25, 0.3) is 0 Å². The van der Waals surface area contributed by atoms with Crippen LogP contribution in [0.2, 0.25) is 0 Å². The predicted molar refractivity (Wildman–Crippen MR) is 96.8 cm³/mol. The monoisotopic (exact) mass is 389 g/mol. The van der Waals surface area contributed by atoms with E-state index in [9.17, 15) is 19.2 Å². The summed E-state index contributed by atoms with van der Waals surface area (Å²) in [6.07, 6.45) is -0.0677. The number of carbonyl (C=O) groups excluding carboxylic acids is 4. The predicted octanol–water partition coefficient (Wildman–Crippen LogP) is 0.334. The van der Waals surface area contributed by atoms with E-state index in [0.29, 0.717) is 12.8 Å². The van der Waals surface area contributed by atoms with Crippen molar-refractivity contribution in [1.82, 2.24) is 15.5 Å². The Bertz CT molecular complexity index is 753. The van der Waals surface area contributed by atoms with E-state index in [1.54, 1.807) is 6.92 Å². The summed E-state index contributed by atoms with van der Waals surface area (Å²) in [5.41, 5.74) is 0.806. The van der Waals surface area contributed by atoms with E-state index in [2.05, 4.69) is 10.6 Å². The number of rotatable bonds is 5. The van der Waals surface area contributed by atoms with Crippen LogP contribution in [0.4, 0.5) is 4.79 Å². The molecule has 3 atom stereocenters. The molecule has 1 aromatic carbocycles. The molecule has 0 spiro atoms. The maximum absolute atomic E-state index is 13.0. The summed E-state index contributed by atoms with van der Waals surface area (Å²) < 4.78 is 10.2. The van der Waals surface area contributed by atoms with E-state index in [1.165, 1.54) is 4.90 Å². The second kappa shape index (κ2) is 8.73. The lowest BCUT2D eigenvalue weighted by molar-refractivity contribution is -0.155. The molecule has 1 aromatic rings. The van der Waals surface area contributed by atoms with Crippen LogP contribution in [0.15, 0.2) is 30.3 Å². The van der Waals surface area contributed by atoms with E-state index in [0.717, 1.165) is 5.56 Å². The maximum atomic E-state index is 13.0. The first-order valence-corrected chi connectivity index (χ1v) is 9.25. The summed E-state index contributed by atoms with van der Waals surface area (Å²) in [7, 11) is 0. The van der Waals surface area contributed by atoms with Crippen molar-refractivity contribution in [2.24, 2.45) is 0 Å². The number of hydrogen-bond donors (Lipinski definition) is 2. The molecule has 3 rings (SSSR count). The Morgan fingerprint density at radius 3 is 2.64 bits per heavy atom. The molecule has 0 saturated carbocycles. The van der Waals surface area contributed by atoms with Gasteiger partial charge in [-0.2, -0.15) is 0 Å². The number of esters is 1. The summed E-state index contributed by atoms with van der Waals surface area (Å²) in [5, 5.41) is 5.13. The Labute approximate surface area is 162 Å². The average Bonchev–Trinajstić information content (AvgIpc) is 3.11. The van der Waals surface area contributed by atoms with Crippen molar-refractivity contribution in [3.8, 4) is 0 Å². The highest BCUT2D eigenvalue weighted by Crippen LogP contribution is 2.27. The number of nitrogens with one attached hydrogen (secondary N) is 2. The minimum Gasteiger partial charge on any atom is -0.464 e. The van der Waals surface area contributed by atoms with Crippen LogP contribution in [0.5, 0.6) is 0 Å². The molecule has 9 nitrogen and oxygen atoms in total. The van der Waals surface area contributed by atoms with Crippen LogP contribution in [-0.4, -0.2) is 60.1 Å². The molecule has 0 aliphatic carbocycles. The van der Waals surface area contributed by atoms with Gasteiger partial charge in [0.1, 0.15) is 24.7 Å². The van der Waals surface area contributed by atoms with Gasteiger partial charge < -0.3 is 25.0 Å². The molecule has 3 amide bonds. The fraction of sp³-hybridized carbons (Fsp3) is 0.474. The van der Waals surface area contributed by atoms with Crippen LogP contribution in [0.1, 0.15) is 25.3 Å². The van der Waals surface area contributed by atoms with Crippen molar-refractivity contribution >= 4 is 23.9 Å². The number of fused-ring (bicyclic) bond motifs is 1. The molecule has 0 radical (unpaired) electrons. The third-order valence-electron chi connectivity index (χ3n) is 4.78. The van der Waals surface area contributed by atoms with Gasteiger partial charge in [0.05, 0.1) is 6.61 Å². The average molecular weight is 389 g/mol. The van der Waals surface area contributed by atoms with Crippen molar-refractivity contribution in [2.75, 3.05) is 13.2 Å². The molecular formula is C19H23N3O6. The SMILES string of the molecule is CCOC(=O)[C@H]1CC[C@H]2C(=O)NC[C@H](NC(=O)OCc3ccccc3)C(=O)N12. The maximum Gasteiger partial charge on any atom is 0.408 e. The quantitative estimate of drug-likeness (QED) is 0.702. The van der Waals surface area contributed by atoms with E-state index in [1.807, 2.05) is 30.3 Å². The second-order valence-corrected chi connectivity index (χ2v) is 6.61. The zero-order valence-corrected chi connectivity index (χ0v) is 15.6. The molecule has 2 saturated heterocycles. The van der Waals surface area contributed by atoms with Crippen molar-refractivity contribution in [3.05, 3.63) is 35.9 Å². The molecule has 0 aromatic heterocycles. The summed E-state index contributed by atoms with van der Waals surface area (Å²) in [4.78, 5) is 50.8. The van der Waals surface area contributed by atoms with E-state index >= 15 is 0 Å². The highest BCUT2D eigenvalue weighted by Gasteiger charge is 2.48. The lowest BCUT2D eigenvalue weighted by atomic mass is 10.2. The molecule has 2 N–H and O–H groups in total. The molecule has 9 heteroatoms. The fourth-order valence-electron chi connectivity index (χ4n) is 3.45. The van der Waals surface area contributed by atoms with Crippen LogP contribution in [-0.2, 0) is 30.5 Å². The molecule has 0 bridgehead atoms. The number of amides is 3. The van der Waals surface area contributed by atoms with Gasteiger partial charge in [-0.1, -0.05) is 30.3 Å². The molecule has 2 heterocycles. The zero-order chi connectivity index (χ0) is 20.1. The van der Waals surface area contributed by atoms with Gasteiger partial charge in [-0.25, -0.2) is 9.59 Å². The lowest BCUT2D eigenvalue weighted by Crippen LogP contribution is -2.54. The second-order valence-electron chi connectivity index (χ2n) is 6.61. The first-order valence-electron chi connectivity index (χ1n) is 9.25. The first kappa shape index (κ1) is 19.7. The van der Waals surface area contributed by atoms with Crippen molar-refractivity contribution in [1.29, 1.82) is 0 Å². The Morgan fingerprint density at radius 1 is 1.18 bits per heavy atom. The van der Waals surface area contributed by atoms with E-state index < -0.39 is 36.1 Å². The summed E-state index contributed by atoms with van der Waals surface area (Å²) in [6, 6.07) is 6.52. The third kappa shape index (κ3) is 4.24. The minimum atomic E-state index is -1.02. The summed E-state index contributed by atoms with van der Waals surface area (Å²) in [6.45, 7) is 1.84. The van der Waals surface area contributed by atoms with Crippen LogP contribution < -0.4 is 10.6 Å². The lowest BCUT2D eigenvalue weighted by Gasteiger charge is -2.28. The topological polar surface area (TPSA) is 114 Å². The molecule has 28 heavy (non-hydrogen) atoms. The third-order valence-corrected chi connectivity index (χ3v) is 4.78. The highest BCUT2D eigenvalue weighted by molar-refractivity contribution is 5.97. The Morgan fingerprint density at radius 2 is 1.93 bits per heavy atom. The van der Waals surface area contributed by atoms with Gasteiger partial charge in [0.2, 0.25) is 11.8 Å². The molecule has 150 valence electrons. The first-order chi connectivity index (χ1) is 13.5. The Hall–Kier alpha value is -3.10. The van der Waals surface area contributed by atoms with Crippen molar-refractivity contribution < 1.29 is 28.7 Å². The standard InChI is InChI=1S/C19H23N3O6/c1-2-27-18(25)15-9-8-14-16(23)20-10-13(17(24)22(14)15)21-19(26)28-11-12-6-4-3-5-7-12/h3-7,13-15H,2,8-11H2,1H3,(H,20,23)(H,21,26)/t13-,14-,15+/m0/s1. The fourth-order valence-corrected chi connectivity index (χ4v) is 3.45. The van der Waals surface area contributed by atoms with Crippen LogP contribution >= 0.6 is 0 Å². The van der Waals surface area contributed by atoms with Gasteiger partial charge in [0, 0.05) is 6.54 Å². The number of ether oxygens (including phenoxy) is 2. The largest absolute Gasteiger partial charge is 0.464 e. The normalized spacial score (nSPS) is 24.0. The minimum absolute atomic E-state index is 0.0533. The van der Waals surface area contributed by atoms with Gasteiger partial charge in [0.15, 0.2) is 0 Å². The molecule has 0 unspecified atom stereocenters. The van der Waals surface area contributed by atoms with Crippen molar-refractivity contribution in [3.63, 3.8) is 0 Å². The number of hydrogen-bond acceptors (Lipinski definition) is 6. The van der Waals surface area contributed by atoms with Gasteiger partial charge in [-0.05, 0) is 25.3 Å². The molecule has 2 aliphatic heterocycles. The number of alkyl carbamates (subject to hydrolysis) is 1. The zero-order valence-electron chi connectivity index (χ0n) is 15.6. The summed E-state index contributed by atoms with van der Waals surface area (Å²) in [5.74, 6) is -1.39. The number of nitrogens with zero attached hydrogens (tertiary/aromatic N) is 1. The van der Waals surface area contributed by atoms with Gasteiger partial charge >= 0.3 is 12.1 Å². The Balaban J connectivity index is 1.66. The highest BCUT2D eigenvalue weighted by atomic mass is 16.5. The smallest absolute Gasteiger partial charge is 0.408 e. The molecule has 2 aliphatic rings. The van der Waals surface area contributed by atoms with Gasteiger partial charge in [-0.15, -0.1) is 0 Å². The van der Waals surface area contributed by atoms with Crippen LogP contribution in [0.3, 0.4) is 0 Å². The molecule has 2 fully saturated rings. The number of benzene rings is 1. The number of carbonyl (C=O) groups is 4. The van der Waals surface area contributed by atoms with E-state index in [-0.39, 0.29) is 25.7 Å². The van der Waals surface area contributed by atoms with Crippen LogP contribution in [0, 0.1) is 0 Å². The van der Waals surface area contributed by atoms with Gasteiger partial charge in [-0.3, -0.25) is 9.59 Å². The van der Waals surface area contributed by atoms with Crippen LogP contribution in [0.25, 0.3) is 0 Å². The van der Waals surface area contributed by atoms with E-state index in [4.69, 9.17) is 9.47 Å². The summed E-state index contributed by atoms with van der Waals surface area (Å²) >= 11 is 0. The molecular weight excluding hydrogens is 366 g/mol. The Kier molecular flexibility index (Phi) is 6.13. The van der Waals surface area contributed by atoms with Crippen molar-refractivity contribution in [2.45, 2.75) is 44.5 Å².